The molecule has 0 saturated carbocycles. The summed E-state index contributed by atoms with van der Waals surface area (Å²) in [4.78, 5) is 0. The zero-order chi connectivity index (χ0) is 11.7. The molecule has 0 bridgehead atoms. The summed E-state index contributed by atoms with van der Waals surface area (Å²) in [5.41, 5.74) is 1.26. The first-order chi connectivity index (χ1) is 6.74. The van der Waals surface area contributed by atoms with Crippen molar-refractivity contribution in [1.82, 2.24) is 9.78 Å². The Labute approximate surface area is 92.1 Å². The van der Waals surface area contributed by atoms with E-state index in [1.54, 1.807) is 0 Å². The van der Waals surface area contributed by atoms with Crippen molar-refractivity contribution in [3.8, 4) is 0 Å². The molecule has 0 spiro atoms. The lowest BCUT2D eigenvalue weighted by atomic mass is 9.90. The number of aliphatic hydroxyl groups excluding tert-OH is 1. The van der Waals surface area contributed by atoms with Gasteiger partial charge < -0.3 is 5.11 Å². The van der Waals surface area contributed by atoms with Gasteiger partial charge in [-0.3, -0.25) is 4.68 Å². The Balaban J connectivity index is 2.78. The molecule has 1 rings (SSSR count). The molecule has 0 aliphatic rings. The number of hydrogen-bond donors (Lipinski definition) is 1. The van der Waals surface area contributed by atoms with Crippen LogP contribution < -0.4 is 0 Å². The molecule has 0 aliphatic heterocycles. The van der Waals surface area contributed by atoms with Crippen LogP contribution in [-0.2, 0) is 12.0 Å². The van der Waals surface area contributed by atoms with Crippen LogP contribution in [0, 0.1) is 5.41 Å². The monoisotopic (exact) mass is 210 g/mol. The van der Waals surface area contributed by atoms with E-state index in [0.29, 0.717) is 0 Å². The van der Waals surface area contributed by atoms with Gasteiger partial charge >= 0.3 is 0 Å². The second-order valence-corrected chi connectivity index (χ2v) is 6.00. The van der Waals surface area contributed by atoms with Gasteiger partial charge in [-0.05, 0) is 11.0 Å². The number of rotatable bonds is 3. The van der Waals surface area contributed by atoms with E-state index in [-0.39, 0.29) is 17.4 Å². The first-order valence-corrected chi connectivity index (χ1v) is 5.38. The van der Waals surface area contributed by atoms with Gasteiger partial charge in [0.2, 0.25) is 0 Å². The molecule has 0 unspecified atom stereocenters. The number of aromatic nitrogens is 2. The Morgan fingerprint density at radius 2 is 1.87 bits per heavy atom. The minimum atomic E-state index is -0.110. The molecule has 1 heterocycles. The van der Waals surface area contributed by atoms with E-state index in [9.17, 15) is 5.11 Å². The molecule has 0 amide bonds. The molecule has 0 atom stereocenters. The van der Waals surface area contributed by atoms with E-state index in [0.717, 1.165) is 6.54 Å². The molecule has 0 aromatic carbocycles. The molecule has 0 fully saturated rings. The van der Waals surface area contributed by atoms with Crippen LogP contribution in [0.3, 0.4) is 0 Å². The first-order valence-electron chi connectivity index (χ1n) is 5.38. The van der Waals surface area contributed by atoms with Crippen LogP contribution >= 0.6 is 0 Å². The van der Waals surface area contributed by atoms with Crippen LogP contribution in [0.2, 0.25) is 0 Å². The molecular formula is C12H22N2O. The van der Waals surface area contributed by atoms with Gasteiger partial charge in [-0.15, -0.1) is 0 Å². The van der Waals surface area contributed by atoms with Gasteiger partial charge in [0.1, 0.15) is 0 Å². The highest BCUT2D eigenvalue weighted by atomic mass is 16.3. The fraction of sp³-hybridized carbons (Fsp3) is 0.750. The molecule has 1 aromatic heterocycles. The van der Waals surface area contributed by atoms with Crippen LogP contribution in [0.25, 0.3) is 0 Å². The van der Waals surface area contributed by atoms with Crippen molar-refractivity contribution in [2.75, 3.05) is 6.61 Å². The highest BCUT2D eigenvalue weighted by Crippen LogP contribution is 2.23. The third kappa shape index (κ3) is 3.34. The second-order valence-electron chi connectivity index (χ2n) is 6.00. The summed E-state index contributed by atoms with van der Waals surface area (Å²) in [6.45, 7) is 11.5. The van der Waals surface area contributed by atoms with Crippen LogP contribution in [0.5, 0.6) is 0 Å². The quantitative estimate of drug-likeness (QED) is 0.830. The lowest BCUT2D eigenvalue weighted by Gasteiger charge is -2.21. The predicted octanol–water partition coefficient (Wildman–Crippen LogP) is 2.20. The number of nitrogens with zero attached hydrogens (tertiary/aromatic N) is 2. The summed E-state index contributed by atoms with van der Waals surface area (Å²) in [7, 11) is 0. The van der Waals surface area contributed by atoms with E-state index >= 15 is 0 Å². The SMILES string of the molecule is CC(C)(CO)Cn1cc(C(C)(C)C)cn1. The lowest BCUT2D eigenvalue weighted by Crippen LogP contribution is -2.24. The Bertz CT molecular complexity index is 321. The maximum Gasteiger partial charge on any atom is 0.0527 e. The maximum atomic E-state index is 9.18. The summed E-state index contributed by atoms with van der Waals surface area (Å²) in [5.74, 6) is 0. The Morgan fingerprint density at radius 1 is 1.27 bits per heavy atom. The highest BCUT2D eigenvalue weighted by molar-refractivity contribution is 5.15. The average Bonchev–Trinajstić information content (AvgIpc) is 2.51. The topological polar surface area (TPSA) is 38.0 Å². The normalized spacial score (nSPS) is 13.2. The van der Waals surface area contributed by atoms with Gasteiger partial charge in [-0.25, -0.2) is 0 Å². The van der Waals surface area contributed by atoms with Crippen molar-refractivity contribution in [3.05, 3.63) is 18.0 Å². The minimum Gasteiger partial charge on any atom is -0.396 e. The summed E-state index contributed by atoms with van der Waals surface area (Å²) in [6.07, 6.45) is 3.98. The summed E-state index contributed by atoms with van der Waals surface area (Å²) in [5, 5.41) is 13.5. The van der Waals surface area contributed by atoms with E-state index in [1.165, 1.54) is 5.56 Å². The number of aliphatic hydroxyl groups is 1. The standard InChI is InChI=1S/C12H22N2O/c1-11(2,3)10-6-13-14(7-10)8-12(4,5)9-15/h6-7,15H,8-9H2,1-5H3. The van der Waals surface area contributed by atoms with E-state index in [2.05, 4.69) is 32.1 Å². The van der Waals surface area contributed by atoms with Crippen LogP contribution in [-0.4, -0.2) is 21.5 Å². The van der Waals surface area contributed by atoms with Gasteiger partial charge in [-0.1, -0.05) is 34.6 Å². The van der Waals surface area contributed by atoms with Crippen molar-refractivity contribution in [2.45, 2.75) is 46.6 Å². The molecule has 15 heavy (non-hydrogen) atoms. The molecule has 1 N–H and O–H groups in total. The molecular weight excluding hydrogens is 188 g/mol. The maximum absolute atomic E-state index is 9.18. The van der Waals surface area contributed by atoms with Gasteiger partial charge in [0.05, 0.1) is 6.20 Å². The lowest BCUT2D eigenvalue weighted by molar-refractivity contribution is 0.136. The van der Waals surface area contributed by atoms with E-state index in [1.807, 2.05) is 24.7 Å². The Morgan fingerprint density at radius 3 is 2.27 bits per heavy atom. The van der Waals surface area contributed by atoms with Crippen molar-refractivity contribution in [3.63, 3.8) is 0 Å². The fourth-order valence-electron chi connectivity index (χ4n) is 1.33. The highest BCUT2D eigenvalue weighted by Gasteiger charge is 2.20. The van der Waals surface area contributed by atoms with Crippen LogP contribution in [0.15, 0.2) is 12.4 Å². The average molecular weight is 210 g/mol. The van der Waals surface area contributed by atoms with E-state index < -0.39 is 0 Å². The minimum absolute atomic E-state index is 0.110. The molecule has 0 radical (unpaired) electrons. The van der Waals surface area contributed by atoms with E-state index in [4.69, 9.17) is 0 Å². The molecule has 0 saturated heterocycles. The largest absolute Gasteiger partial charge is 0.396 e. The molecule has 1 aromatic rings. The van der Waals surface area contributed by atoms with Crippen molar-refractivity contribution in [2.24, 2.45) is 5.41 Å². The molecule has 86 valence electrons. The molecule has 3 nitrogen and oxygen atoms in total. The fourth-order valence-corrected chi connectivity index (χ4v) is 1.33. The third-order valence-electron chi connectivity index (χ3n) is 2.52. The third-order valence-corrected chi connectivity index (χ3v) is 2.52. The van der Waals surface area contributed by atoms with Crippen molar-refractivity contribution in [1.29, 1.82) is 0 Å². The molecule has 3 heteroatoms. The smallest absolute Gasteiger partial charge is 0.0527 e. The Kier molecular flexibility index (Phi) is 3.24. The van der Waals surface area contributed by atoms with Crippen LogP contribution in [0.4, 0.5) is 0 Å². The summed E-state index contributed by atoms with van der Waals surface area (Å²) in [6, 6.07) is 0. The summed E-state index contributed by atoms with van der Waals surface area (Å²) < 4.78 is 1.91. The Hall–Kier alpha value is -0.830. The zero-order valence-corrected chi connectivity index (χ0v) is 10.4. The van der Waals surface area contributed by atoms with Crippen molar-refractivity contribution >= 4 is 0 Å². The van der Waals surface area contributed by atoms with Gasteiger partial charge in [0.25, 0.3) is 0 Å². The zero-order valence-electron chi connectivity index (χ0n) is 10.4. The summed E-state index contributed by atoms with van der Waals surface area (Å²) >= 11 is 0. The second kappa shape index (κ2) is 3.97. The van der Waals surface area contributed by atoms with Gasteiger partial charge in [0.15, 0.2) is 0 Å². The first kappa shape index (κ1) is 12.2. The van der Waals surface area contributed by atoms with Gasteiger partial charge in [-0.2, -0.15) is 5.10 Å². The van der Waals surface area contributed by atoms with Crippen LogP contribution in [0.1, 0.15) is 40.2 Å². The predicted molar refractivity (Wildman–Crippen MR) is 61.8 cm³/mol. The van der Waals surface area contributed by atoms with Crippen molar-refractivity contribution < 1.29 is 5.11 Å². The van der Waals surface area contributed by atoms with Gasteiger partial charge in [0, 0.05) is 24.8 Å². The molecule has 0 aliphatic carbocycles. The number of hydrogen-bond acceptors (Lipinski definition) is 2.